The number of hydrogen-bond acceptors (Lipinski definition) is 2. The minimum absolute atomic E-state index is 0.0991. The van der Waals surface area contributed by atoms with Crippen LogP contribution >= 0.6 is 0 Å². The molecule has 100 valence electrons. The van der Waals surface area contributed by atoms with E-state index in [1.54, 1.807) is 12.1 Å². The predicted octanol–water partition coefficient (Wildman–Crippen LogP) is 2.76. The van der Waals surface area contributed by atoms with Gasteiger partial charge in [0.25, 0.3) is 5.92 Å². The second kappa shape index (κ2) is 5.33. The quantitative estimate of drug-likeness (QED) is 0.892. The third-order valence-electron chi connectivity index (χ3n) is 3.58. The molecule has 1 aliphatic rings. The van der Waals surface area contributed by atoms with Crippen LogP contribution in [-0.2, 0) is 5.92 Å². The molecule has 4 heteroatoms. The first-order valence-electron chi connectivity index (χ1n) is 6.41. The highest BCUT2D eigenvalue weighted by Gasteiger charge is 2.25. The lowest BCUT2D eigenvalue weighted by atomic mass is 10.0. The molecule has 1 aromatic rings. The number of nitrogens with one attached hydrogen (secondary N) is 1. The maximum absolute atomic E-state index is 13.3. The second-order valence-electron chi connectivity index (χ2n) is 4.98. The second-order valence-corrected chi connectivity index (χ2v) is 4.98. The van der Waals surface area contributed by atoms with Gasteiger partial charge in [0.2, 0.25) is 0 Å². The summed E-state index contributed by atoms with van der Waals surface area (Å²) in [6.45, 7) is 6.89. The molecule has 1 heterocycles. The van der Waals surface area contributed by atoms with Crippen molar-refractivity contribution in [3.05, 3.63) is 35.4 Å². The Morgan fingerprint density at radius 1 is 1.28 bits per heavy atom. The number of nitrogens with zero attached hydrogens (tertiary/aromatic N) is 1. The first-order valence-corrected chi connectivity index (χ1v) is 6.41. The van der Waals surface area contributed by atoms with Crippen LogP contribution in [0.5, 0.6) is 0 Å². The lowest BCUT2D eigenvalue weighted by Gasteiger charge is -2.33. The Morgan fingerprint density at radius 3 is 2.56 bits per heavy atom. The van der Waals surface area contributed by atoms with Gasteiger partial charge in [0.05, 0.1) is 0 Å². The molecule has 1 fully saturated rings. The highest BCUT2D eigenvalue weighted by Crippen LogP contribution is 2.30. The van der Waals surface area contributed by atoms with Crippen LogP contribution in [0.1, 0.15) is 31.0 Å². The average Bonchev–Trinajstić information content (AvgIpc) is 2.38. The van der Waals surface area contributed by atoms with E-state index in [0.29, 0.717) is 0 Å². The van der Waals surface area contributed by atoms with Gasteiger partial charge in [-0.05, 0) is 18.6 Å². The highest BCUT2D eigenvalue weighted by atomic mass is 19.3. The van der Waals surface area contributed by atoms with E-state index in [1.165, 1.54) is 6.07 Å². The molecule has 1 unspecified atom stereocenters. The van der Waals surface area contributed by atoms with E-state index in [2.05, 4.69) is 17.1 Å². The third kappa shape index (κ3) is 3.06. The topological polar surface area (TPSA) is 15.3 Å². The van der Waals surface area contributed by atoms with Crippen molar-refractivity contribution in [1.82, 2.24) is 10.2 Å². The van der Waals surface area contributed by atoms with Crippen LogP contribution in [0.4, 0.5) is 8.78 Å². The molecule has 2 nitrogen and oxygen atoms in total. The first kappa shape index (κ1) is 13.4. The number of benzene rings is 1. The summed E-state index contributed by atoms with van der Waals surface area (Å²) < 4.78 is 26.6. The minimum Gasteiger partial charge on any atom is -0.314 e. The van der Waals surface area contributed by atoms with Gasteiger partial charge in [-0.3, -0.25) is 4.90 Å². The van der Waals surface area contributed by atoms with Gasteiger partial charge in [0.1, 0.15) is 0 Å². The summed E-state index contributed by atoms with van der Waals surface area (Å²) in [5, 5.41) is 3.30. The van der Waals surface area contributed by atoms with Crippen LogP contribution in [0.15, 0.2) is 24.3 Å². The number of piperazine rings is 1. The lowest BCUT2D eigenvalue weighted by molar-refractivity contribution is 0.0173. The van der Waals surface area contributed by atoms with Crippen molar-refractivity contribution in [3.63, 3.8) is 0 Å². The summed E-state index contributed by atoms with van der Waals surface area (Å²) in [6, 6.07) is 6.97. The number of alkyl halides is 2. The molecule has 0 spiro atoms. The summed E-state index contributed by atoms with van der Waals surface area (Å²) in [7, 11) is 0. The summed E-state index contributed by atoms with van der Waals surface area (Å²) in [5.74, 6) is -2.76. The molecule has 18 heavy (non-hydrogen) atoms. The average molecular weight is 254 g/mol. The first-order chi connectivity index (χ1) is 8.48. The zero-order chi connectivity index (χ0) is 13.2. The SMILES string of the molecule is CC(c1cccc(C(C)(F)F)c1)N1CCNCC1. The van der Waals surface area contributed by atoms with Crippen molar-refractivity contribution in [2.45, 2.75) is 25.8 Å². The molecule has 0 aromatic heterocycles. The summed E-state index contributed by atoms with van der Waals surface area (Å²) in [4.78, 5) is 2.32. The largest absolute Gasteiger partial charge is 0.314 e. The van der Waals surface area contributed by atoms with Crippen LogP contribution in [-0.4, -0.2) is 31.1 Å². The number of rotatable bonds is 3. The van der Waals surface area contributed by atoms with Crippen molar-refractivity contribution in [2.75, 3.05) is 26.2 Å². The fraction of sp³-hybridized carbons (Fsp3) is 0.571. The molecule has 0 bridgehead atoms. The fourth-order valence-electron chi connectivity index (χ4n) is 2.35. The van der Waals surface area contributed by atoms with E-state index in [-0.39, 0.29) is 11.6 Å². The Labute approximate surface area is 107 Å². The maximum Gasteiger partial charge on any atom is 0.270 e. The van der Waals surface area contributed by atoms with E-state index in [9.17, 15) is 8.78 Å². The van der Waals surface area contributed by atoms with Gasteiger partial charge >= 0.3 is 0 Å². The van der Waals surface area contributed by atoms with E-state index in [0.717, 1.165) is 38.7 Å². The fourth-order valence-corrected chi connectivity index (χ4v) is 2.35. The number of hydrogen-bond donors (Lipinski definition) is 1. The van der Waals surface area contributed by atoms with Gasteiger partial charge in [0.15, 0.2) is 0 Å². The molecule has 1 aromatic carbocycles. The monoisotopic (exact) mass is 254 g/mol. The molecule has 1 saturated heterocycles. The van der Waals surface area contributed by atoms with E-state index in [1.807, 2.05) is 6.07 Å². The van der Waals surface area contributed by atoms with E-state index >= 15 is 0 Å². The molecule has 1 atom stereocenters. The molecular formula is C14H20F2N2. The summed E-state index contributed by atoms with van der Waals surface area (Å²) in [5.41, 5.74) is 1.07. The smallest absolute Gasteiger partial charge is 0.270 e. The van der Waals surface area contributed by atoms with Crippen molar-refractivity contribution >= 4 is 0 Å². The molecule has 0 aliphatic carbocycles. The Morgan fingerprint density at radius 2 is 1.94 bits per heavy atom. The van der Waals surface area contributed by atoms with Gasteiger partial charge in [-0.1, -0.05) is 18.2 Å². The standard InChI is InChI=1S/C14H20F2N2/c1-11(18-8-6-17-7-9-18)12-4-3-5-13(10-12)14(2,15)16/h3-5,10-11,17H,6-9H2,1-2H3. The van der Waals surface area contributed by atoms with Gasteiger partial charge in [-0.2, -0.15) is 0 Å². The number of halogens is 2. The Kier molecular flexibility index (Phi) is 3.97. The van der Waals surface area contributed by atoms with Gasteiger partial charge < -0.3 is 5.32 Å². The zero-order valence-electron chi connectivity index (χ0n) is 10.9. The van der Waals surface area contributed by atoms with Crippen molar-refractivity contribution in [1.29, 1.82) is 0 Å². The van der Waals surface area contributed by atoms with E-state index < -0.39 is 5.92 Å². The summed E-state index contributed by atoms with van der Waals surface area (Å²) in [6.07, 6.45) is 0. The molecule has 1 aliphatic heterocycles. The Bertz CT molecular complexity index is 395. The van der Waals surface area contributed by atoms with Crippen molar-refractivity contribution < 1.29 is 8.78 Å². The van der Waals surface area contributed by atoms with Crippen molar-refractivity contribution in [2.24, 2.45) is 0 Å². The minimum atomic E-state index is -2.76. The lowest BCUT2D eigenvalue weighted by Crippen LogP contribution is -2.44. The maximum atomic E-state index is 13.3. The van der Waals surface area contributed by atoms with Crippen molar-refractivity contribution in [3.8, 4) is 0 Å². The summed E-state index contributed by atoms with van der Waals surface area (Å²) >= 11 is 0. The van der Waals surface area contributed by atoms with Crippen LogP contribution in [0.2, 0.25) is 0 Å². The Balaban J connectivity index is 2.17. The highest BCUT2D eigenvalue weighted by molar-refractivity contribution is 5.28. The van der Waals surface area contributed by atoms with Crippen LogP contribution in [0.3, 0.4) is 0 Å². The molecule has 0 radical (unpaired) electrons. The normalized spacial score (nSPS) is 19.8. The molecule has 2 rings (SSSR count). The molecular weight excluding hydrogens is 234 g/mol. The Hall–Kier alpha value is -1.00. The molecule has 0 saturated carbocycles. The zero-order valence-corrected chi connectivity index (χ0v) is 10.9. The van der Waals surface area contributed by atoms with Gasteiger partial charge in [0, 0.05) is 44.7 Å². The van der Waals surface area contributed by atoms with Gasteiger partial charge in [-0.15, -0.1) is 0 Å². The third-order valence-corrected chi connectivity index (χ3v) is 3.58. The van der Waals surface area contributed by atoms with Crippen LogP contribution in [0, 0.1) is 0 Å². The molecule has 1 N–H and O–H groups in total. The van der Waals surface area contributed by atoms with Crippen LogP contribution in [0.25, 0.3) is 0 Å². The predicted molar refractivity (Wildman–Crippen MR) is 68.9 cm³/mol. The van der Waals surface area contributed by atoms with E-state index in [4.69, 9.17) is 0 Å². The van der Waals surface area contributed by atoms with Crippen LogP contribution < -0.4 is 5.32 Å². The van der Waals surface area contributed by atoms with Gasteiger partial charge in [-0.25, -0.2) is 8.78 Å². The molecule has 0 amide bonds.